The van der Waals surface area contributed by atoms with E-state index in [0.29, 0.717) is 45.1 Å². The van der Waals surface area contributed by atoms with Crippen LogP contribution in [0.3, 0.4) is 0 Å². The van der Waals surface area contributed by atoms with Crippen molar-refractivity contribution in [3.05, 3.63) is 124 Å². The van der Waals surface area contributed by atoms with Crippen molar-refractivity contribution in [1.82, 2.24) is 8.75 Å². The number of hydrogen-bond donors (Lipinski definition) is 1. The van der Waals surface area contributed by atoms with Crippen molar-refractivity contribution in [2.75, 3.05) is 14.2 Å². The number of fused-ring (bicyclic) bond motifs is 1. The fraction of sp³-hybridized carbons (Fsp3) is 0.152. The third-order valence-electron chi connectivity index (χ3n) is 7.05. The Labute approximate surface area is 255 Å². The average molecular weight is 617 g/mol. The topological polar surface area (TPSA) is 108 Å². The Morgan fingerprint density at radius 3 is 2.18 bits per heavy atom. The molecule has 0 spiro atoms. The Morgan fingerprint density at radius 1 is 0.886 bits per heavy atom. The molecule has 1 aliphatic rings. The van der Waals surface area contributed by atoms with Gasteiger partial charge in [0.25, 0.3) is 5.79 Å². The summed E-state index contributed by atoms with van der Waals surface area (Å²) in [5, 5.41) is 11.7. The summed E-state index contributed by atoms with van der Waals surface area (Å²) < 4.78 is 50.9. The lowest BCUT2D eigenvalue weighted by atomic mass is 9.87. The second-order valence-electron chi connectivity index (χ2n) is 9.88. The molecule has 1 aromatic heterocycles. The molecule has 0 aliphatic carbocycles. The number of esters is 1. The van der Waals surface area contributed by atoms with E-state index in [2.05, 4.69) is 13.5 Å². The van der Waals surface area contributed by atoms with E-state index in [1.165, 1.54) is 38.5 Å². The van der Waals surface area contributed by atoms with Gasteiger partial charge >= 0.3 is 5.97 Å². The Kier molecular flexibility index (Phi) is 8.79. The third kappa shape index (κ3) is 6.05. The Balaban J connectivity index is 0.000000296. The molecular formula is C33H26F2N2O6S. The molecule has 0 saturated carbocycles. The minimum atomic E-state index is -1.99. The fourth-order valence-corrected chi connectivity index (χ4v) is 5.29. The molecule has 0 saturated heterocycles. The van der Waals surface area contributed by atoms with Crippen molar-refractivity contribution in [2.24, 2.45) is 0 Å². The van der Waals surface area contributed by atoms with E-state index in [-0.39, 0.29) is 23.5 Å². The first-order valence-electron chi connectivity index (χ1n) is 13.3. The van der Waals surface area contributed by atoms with Crippen LogP contribution in [0.4, 0.5) is 8.78 Å². The molecule has 0 bridgehead atoms. The monoisotopic (exact) mass is 616 g/mol. The van der Waals surface area contributed by atoms with Crippen molar-refractivity contribution in [3.63, 3.8) is 0 Å². The molecule has 1 N–H and O–H groups in total. The van der Waals surface area contributed by atoms with Gasteiger partial charge in [0, 0.05) is 23.1 Å². The van der Waals surface area contributed by atoms with E-state index in [4.69, 9.17) is 9.47 Å². The molecule has 5 aromatic rings. The number of benzene rings is 4. The van der Waals surface area contributed by atoms with E-state index in [0.717, 1.165) is 23.4 Å². The summed E-state index contributed by atoms with van der Waals surface area (Å²) in [5.41, 5.74) is 4.72. The lowest BCUT2D eigenvalue weighted by molar-refractivity contribution is -0.185. The van der Waals surface area contributed by atoms with Crippen LogP contribution in [-0.2, 0) is 21.7 Å². The maximum absolute atomic E-state index is 14.4. The van der Waals surface area contributed by atoms with Crippen LogP contribution >= 0.6 is 11.7 Å². The number of aryl methyl sites for hydroxylation is 1. The summed E-state index contributed by atoms with van der Waals surface area (Å²) in [6.07, 6.45) is 0.669. The summed E-state index contributed by atoms with van der Waals surface area (Å²) in [5.74, 6) is -3.44. The first-order valence-corrected chi connectivity index (χ1v) is 14.0. The Bertz CT molecular complexity index is 1890. The standard InChI is InChI=1S/C25H19FN2O4S.C8H7FO2/c1-14-3-7-17(8-4-14)25(30)18(11-15-5-10-22(31-2)19(26)12-15)23(24(29)32-25)16-6-9-20-21(13-16)28-33-27-20;1-11-8-3-2-6(5-10)4-7(8)9/h3-10,12-13,30H,11H2,1-2H3;2-5H,1H3. The van der Waals surface area contributed by atoms with Gasteiger partial charge in [-0.2, -0.15) is 8.75 Å². The maximum atomic E-state index is 14.4. The molecule has 0 radical (unpaired) electrons. The SMILES string of the molecule is COc1ccc(C=O)cc1F.COc1ccc(CC2=C(c3ccc4nsnc4c3)C(=O)OC2(O)c2ccc(C)cc2)cc1F. The number of nitrogens with zero attached hydrogens (tertiary/aromatic N) is 2. The number of aromatic nitrogens is 2. The van der Waals surface area contributed by atoms with Crippen LogP contribution in [0.1, 0.15) is 32.6 Å². The summed E-state index contributed by atoms with van der Waals surface area (Å²) >= 11 is 1.08. The number of halogens is 2. The molecule has 0 amide bonds. The summed E-state index contributed by atoms with van der Waals surface area (Å²) in [4.78, 5) is 23.3. The predicted molar refractivity (Wildman–Crippen MR) is 160 cm³/mol. The van der Waals surface area contributed by atoms with Crippen LogP contribution < -0.4 is 9.47 Å². The first-order chi connectivity index (χ1) is 21.2. The quantitative estimate of drug-likeness (QED) is 0.170. The fourth-order valence-electron chi connectivity index (χ4n) is 4.77. The molecule has 1 atom stereocenters. The largest absolute Gasteiger partial charge is 0.494 e. The first kappa shape index (κ1) is 30.5. The average Bonchev–Trinajstić information content (AvgIpc) is 3.59. The smallest absolute Gasteiger partial charge is 0.342 e. The van der Waals surface area contributed by atoms with Crippen LogP contribution in [0.2, 0.25) is 0 Å². The number of cyclic esters (lactones) is 1. The van der Waals surface area contributed by atoms with E-state index >= 15 is 0 Å². The second kappa shape index (κ2) is 12.7. The van der Waals surface area contributed by atoms with Gasteiger partial charge in [-0.15, -0.1) is 0 Å². The van der Waals surface area contributed by atoms with Gasteiger partial charge in [-0.3, -0.25) is 4.79 Å². The highest BCUT2D eigenvalue weighted by Crippen LogP contribution is 2.45. The van der Waals surface area contributed by atoms with Crippen LogP contribution in [0.5, 0.6) is 11.5 Å². The van der Waals surface area contributed by atoms with Gasteiger partial charge in [-0.1, -0.05) is 42.0 Å². The molecule has 0 fully saturated rings. The number of carbonyl (C=O) groups excluding carboxylic acids is 2. The van der Waals surface area contributed by atoms with Crippen molar-refractivity contribution >= 4 is 40.6 Å². The van der Waals surface area contributed by atoms with Crippen molar-refractivity contribution < 1.29 is 37.7 Å². The normalized spacial score (nSPS) is 15.9. The van der Waals surface area contributed by atoms with E-state index in [9.17, 15) is 23.5 Å². The second-order valence-corrected chi connectivity index (χ2v) is 10.4. The van der Waals surface area contributed by atoms with Gasteiger partial charge < -0.3 is 19.3 Å². The van der Waals surface area contributed by atoms with Gasteiger partial charge in [-0.25, -0.2) is 13.6 Å². The highest BCUT2D eigenvalue weighted by atomic mass is 32.1. The number of aldehydes is 1. The molecule has 224 valence electrons. The Morgan fingerprint density at radius 2 is 1.55 bits per heavy atom. The summed E-state index contributed by atoms with van der Waals surface area (Å²) in [6.45, 7) is 1.92. The summed E-state index contributed by atoms with van der Waals surface area (Å²) in [6, 6.07) is 20.9. The van der Waals surface area contributed by atoms with Gasteiger partial charge in [0.1, 0.15) is 17.3 Å². The minimum absolute atomic E-state index is 0.0831. The summed E-state index contributed by atoms with van der Waals surface area (Å²) in [7, 11) is 2.76. The predicted octanol–water partition coefficient (Wildman–Crippen LogP) is 6.19. The molecule has 11 heteroatoms. The highest BCUT2D eigenvalue weighted by Gasteiger charge is 2.48. The van der Waals surface area contributed by atoms with Gasteiger partial charge in [0.2, 0.25) is 0 Å². The van der Waals surface area contributed by atoms with Crippen molar-refractivity contribution in [1.29, 1.82) is 0 Å². The van der Waals surface area contributed by atoms with Gasteiger partial charge in [-0.05, 0) is 60.5 Å². The lowest BCUT2D eigenvalue weighted by Crippen LogP contribution is -2.29. The number of rotatable bonds is 7. The lowest BCUT2D eigenvalue weighted by Gasteiger charge is -2.26. The number of ether oxygens (including phenoxy) is 3. The zero-order valence-corrected chi connectivity index (χ0v) is 24.7. The highest BCUT2D eigenvalue weighted by molar-refractivity contribution is 7.00. The van der Waals surface area contributed by atoms with Gasteiger partial charge in [0.05, 0.1) is 31.5 Å². The molecule has 2 heterocycles. The van der Waals surface area contributed by atoms with E-state index in [1.54, 1.807) is 36.4 Å². The van der Waals surface area contributed by atoms with E-state index in [1.807, 2.05) is 19.1 Å². The van der Waals surface area contributed by atoms with Crippen LogP contribution in [0.25, 0.3) is 16.6 Å². The van der Waals surface area contributed by atoms with Crippen LogP contribution in [-0.4, -0.2) is 40.3 Å². The molecule has 6 rings (SSSR count). The number of hydrogen-bond acceptors (Lipinski definition) is 9. The molecular weight excluding hydrogens is 590 g/mol. The molecule has 8 nitrogen and oxygen atoms in total. The van der Waals surface area contributed by atoms with Crippen LogP contribution in [0, 0.1) is 18.6 Å². The zero-order valence-electron chi connectivity index (χ0n) is 23.8. The molecule has 44 heavy (non-hydrogen) atoms. The third-order valence-corrected chi connectivity index (χ3v) is 7.61. The molecule has 1 aliphatic heterocycles. The number of carbonyl (C=O) groups is 2. The Hall–Kier alpha value is -5.00. The van der Waals surface area contributed by atoms with Gasteiger partial charge in [0.15, 0.2) is 23.1 Å². The maximum Gasteiger partial charge on any atom is 0.342 e. The number of aliphatic hydroxyl groups is 1. The molecule has 1 unspecified atom stereocenters. The van der Waals surface area contributed by atoms with Crippen LogP contribution in [0.15, 0.2) is 84.4 Å². The number of methoxy groups -OCH3 is 2. The minimum Gasteiger partial charge on any atom is -0.494 e. The molecule has 4 aromatic carbocycles. The van der Waals surface area contributed by atoms with Crippen molar-refractivity contribution in [3.8, 4) is 11.5 Å². The zero-order chi connectivity index (χ0) is 31.4. The van der Waals surface area contributed by atoms with Crippen molar-refractivity contribution in [2.45, 2.75) is 19.1 Å². The van der Waals surface area contributed by atoms with E-state index < -0.39 is 23.4 Å².